The first kappa shape index (κ1) is 12.2. The van der Waals surface area contributed by atoms with Crippen LogP contribution in [0.15, 0.2) is 40.9 Å². The van der Waals surface area contributed by atoms with Crippen molar-refractivity contribution in [1.82, 2.24) is 15.0 Å². The summed E-state index contributed by atoms with van der Waals surface area (Å²) in [4.78, 5) is 23.0. The Hall–Kier alpha value is -1.22. The molecule has 0 unspecified atom stereocenters. The molecule has 2 heterocycles. The van der Waals surface area contributed by atoms with Gasteiger partial charge >= 0.3 is 5.97 Å². The third kappa shape index (κ3) is 2.91. The van der Waals surface area contributed by atoms with Crippen LogP contribution in [0.1, 0.15) is 10.4 Å². The molecular weight excluding hydrogens is 353 g/mol. The minimum atomic E-state index is -0.996. The van der Waals surface area contributed by atoms with Crippen molar-refractivity contribution in [3.63, 3.8) is 0 Å². The van der Waals surface area contributed by atoms with E-state index in [1.165, 1.54) is 24.2 Å². The summed E-state index contributed by atoms with van der Waals surface area (Å²) in [6, 6.07) is 3.12. The van der Waals surface area contributed by atoms with Gasteiger partial charge in [0.15, 0.2) is 0 Å². The number of carbonyl (C=O) groups is 1. The number of pyridine rings is 1. The summed E-state index contributed by atoms with van der Waals surface area (Å²) >= 11 is 3.31. The highest BCUT2D eigenvalue weighted by Crippen LogP contribution is 2.29. The summed E-state index contributed by atoms with van der Waals surface area (Å²) in [6.07, 6.45) is 4.65. The number of carboxylic acid groups (broad SMARTS) is 1. The first-order valence-electron chi connectivity index (χ1n) is 4.50. The fourth-order valence-corrected chi connectivity index (χ4v) is 2.55. The minimum Gasteiger partial charge on any atom is -0.478 e. The van der Waals surface area contributed by atoms with E-state index in [-0.39, 0.29) is 5.56 Å². The molecule has 0 fully saturated rings. The smallest absolute Gasteiger partial charge is 0.338 e. The second-order valence-electron chi connectivity index (χ2n) is 2.94. The van der Waals surface area contributed by atoms with E-state index in [0.29, 0.717) is 10.1 Å². The maximum Gasteiger partial charge on any atom is 0.338 e. The lowest BCUT2D eigenvalue weighted by molar-refractivity contribution is 0.0692. The van der Waals surface area contributed by atoms with Gasteiger partial charge in [-0.1, -0.05) is 0 Å². The van der Waals surface area contributed by atoms with Gasteiger partial charge in [0, 0.05) is 12.4 Å². The molecule has 0 saturated heterocycles. The molecular formula is C10H6IN3O2S. The molecule has 2 aromatic rings. The van der Waals surface area contributed by atoms with Crippen LogP contribution in [0.3, 0.4) is 0 Å². The van der Waals surface area contributed by atoms with E-state index in [4.69, 9.17) is 5.11 Å². The van der Waals surface area contributed by atoms with E-state index in [0.717, 1.165) is 3.57 Å². The molecule has 0 radical (unpaired) electrons. The van der Waals surface area contributed by atoms with E-state index in [9.17, 15) is 4.79 Å². The Bertz CT molecular complexity index is 565. The molecule has 0 saturated carbocycles. The Labute approximate surface area is 115 Å². The Morgan fingerprint density at radius 3 is 2.88 bits per heavy atom. The summed E-state index contributed by atoms with van der Waals surface area (Å²) < 4.78 is 0.858. The zero-order valence-corrected chi connectivity index (χ0v) is 11.3. The Morgan fingerprint density at radius 2 is 2.18 bits per heavy atom. The molecule has 0 bridgehead atoms. The standard InChI is InChI=1S/C10H6IN3O2S/c11-7-4-12-5-14-9(7)17-8-6(10(15)16)2-1-3-13-8/h1-5H,(H,15,16). The van der Waals surface area contributed by atoms with Crippen molar-refractivity contribution in [2.75, 3.05) is 0 Å². The van der Waals surface area contributed by atoms with Gasteiger partial charge in [-0.3, -0.25) is 0 Å². The van der Waals surface area contributed by atoms with Crippen LogP contribution < -0.4 is 0 Å². The van der Waals surface area contributed by atoms with Gasteiger partial charge in [-0.05, 0) is 46.5 Å². The zero-order chi connectivity index (χ0) is 12.3. The first-order chi connectivity index (χ1) is 8.18. The van der Waals surface area contributed by atoms with Gasteiger partial charge in [0.2, 0.25) is 0 Å². The molecule has 0 aliphatic heterocycles. The number of aromatic nitrogens is 3. The number of hydrogen-bond donors (Lipinski definition) is 1. The van der Waals surface area contributed by atoms with Crippen molar-refractivity contribution < 1.29 is 9.90 Å². The average molecular weight is 359 g/mol. The van der Waals surface area contributed by atoms with E-state index < -0.39 is 5.97 Å². The summed E-state index contributed by atoms with van der Waals surface area (Å²) in [5, 5.41) is 10.1. The van der Waals surface area contributed by atoms with Gasteiger partial charge in [0.1, 0.15) is 16.4 Å². The minimum absolute atomic E-state index is 0.173. The molecule has 5 nitrogen and oxygen atoms in total. The molecule has 0 atom stereocenters. The van der Waals surface area contributed by atoms with Gasteiger partial charge in [-0.25, -0.2) is 19.7 Å². The third-order valence-corrected chi connectivity index (χ3v) is 4.02. The van der Waals surface area contributed by atoms with Crippen LogP contribution in [-0.2, 0) is 0 Å². The highest BCUT2D eigenvalue weighted by atomic mass is 127. The number of nitrogens with zero attached hydrogens (tertiary/aromatic N) is 3. The molecule has 1 N–H and O–H groups in total. The number of aromatic carboxylic acids is 1. The second kappa shape index (κ2) is 5.41. The normalized spacial score (nSPS) is 10.2. The monoisotopic (exact) mass is 359 g/mol. The topological polar surface area (TPSA) is 76.0 Å². The van der Waals surface area contributed by atoms with Gasteiger partial charge in [-0.2, -0.15) is 0 Å². The maximum absolute atomic E-state index is 11.0. The van der Waals surface area contributed by atoms with Crippen LogP contribution in [0.2, 0.25) is 0 Å². The molecule has 7 heteroatoms. The van der Waals surface area contributed by atoms with Crippen molar-refractivity contribution >= 4 is 40.3 Å². The van der Waals surface area contributed by atoms with Crippen LogP contribution in [0.25, 0.3) is 0 Å². The molecule has 86 valence electrons. The van der Waals surface area contributed by atoms with E-state index in [1.54, 1.807) is 18.5 Å². The predicted molar refractivity (Wildman–Crippen MR) is 70.1 cm³/mol. The maximum atomic E-state index is 11.0. The lowest BCUT2D eigenvalue weighted by atomic mass is 10.3. The molecule has 0 spiro atoms. The summed E-state index contributed by atoms with van der Waals surface area (Å²) in [5.41, 5.74) is 0.173. The SMILES string of the molecule is O=C(O)c1cccnc1Sc1ncncc1I. The molecule has 17 heavy (non-hydrogen) atoms. The molecule has 0 amide bonds. The van der Waals surface area contributed by atoms with Gasteiger partial charge in [-0.15, -0.1) is 0 Å². The van der Waals surface area contributed by atoms with E-state index >= 15 is 0 Å². The third-order valence-electron chi connectivity index (χ3n) is 1.83. The fourth-order valence-electron chi connectivity index (χ4n) is 1.10. The molecule has 0 aromatic carbocycles. The Kier molecular flexibility index (Phi) is 3.89. The van der Waals surface area contributed by atoms with Crippen molar-refractivity contribution in [2.45, 2.75) is 10.1 Å². The predicted octanol–water partition coefficient (Wildman–Crippen LogP) is 2.33. The quantitative estimate of drug-likeness (QED) is 0.670. The van der Waals surface area contributed by atoms with Crippen molar-refractivity contribution in [3.8, 4) is 0 Å². The first-order valence-corrected chi connectivity index (χ1v) is 6.39. The number of halogens is 1. The van der Waals surface area contributed by atoms with Gasteiger partial charge < -0.3 is 5.11 Å². The Balaban J connectivity index is 2.37. The van der Waals surface area contributed by atoms with E-state index in [1.807, 2.05) is 0 Å². The molecule has 0 aliphatic carbocycles. The van der Waals surface area contributed by atoms with E-state index in [2.05, 4.69) is 37.5 Å². The average Bonchev–Trinajstić information content (AvgIpc) is 2.32. The van der Waals surface area contributed by atoms with Crippen LogP contribution in [0.4, 0.5) is 0 Å². The largest absolute Gasteiger partial charge is 0.478 e. The molecule has 0 aliphatic rings. The van der Waals surface area contributed by atoms with Crippen LogP contribution in [-0.4, -0.2) is 26.0 Å². The van der Waals surface area contributed by atoms with Gasteiger partial charge in [0.25, 0.3) is 0 Å². The van der Waals surface area contributed by atoms with Crippen molar-refractivity contribution in [3.05, 3.63) is 40.0 Å². The zero-order valence-electron chi connectivity index (χ0n) is 8.37. The molecule has 2 rings (SSSR count). The second-order valence-corrected chi connectivity index (χ2v) is 5.08. The van der Waals surface area contributed by atoms with Crippen molar-refractivity contribution in [1.29, 1.82) is 0 Å². The van der Waals surface area contributed by atoms with Crippen LogP contribution in [0, 0.1) is 3.57 Å². The van der Waals surface area contributed by atoms with Crippen LogP contribution in [0.5, 0.6) is 0 Å². The summed E-state index contributed by atoms with van der Waals surface area (Å²) in [7, 11) is 0. The number of rotatable bonds is 3. The Morgan fingerprint density at radius 1 is 1.35 bits per heavy atom. The lowest BCUT2D eigenvalue weighted by Crippen LogP contribution is -2.00. The highest BCUT2D eigenvalue weighted by Gasteiger charge is 2.13. The van der Waals surface area contributed by atoms with Gasteiger partial charge in [0.05, 0.1) is 9.13 Å². The number of hydrogen-bond acceptors (Lipinski definition) is 5. The van der Waals surface area contributed by atoms with Crippen molar-refractivity contribution in [2.24, 2.45) is 0 Å². The highest BCUT2D eigenvalue weighted by molar-refractivity contribution is 14.1. The van der Waals surface area contributed by atoms with Crippen LogP contribution >= 0.6 is 34.4 Å². The number of carboxylic acids is 1. The summed E-state index contributed by atoms with van der Waals surface area (Å²) in [5.74, 6) is -0.996. The fraction of sp³-hybridized carbons (Fsp3) is 0. The summed E-state index contributed by atoms with van der Waals surface area (Å²) in [6.45, 7) is 0. The molecule has 2 aromatic heterocycles. The lowest BCUT2D eigenvalue weighted by Gasteiger charge is -2.04.